The molecule has 1 aliphatic heterocycles. The van der Waals surface area contributed by atoms with Crippen molar-refractivity contribution in [2.45, 2.75) is 18.2 Å². The third-order valence-corrected chi connectivity index (χ3v) is 9.36. The van der Waals surface area contributed by atoms with E-state index in [-0.39, 0.29) is 23.9 Å². The number of piperazine rings is 1. The summed E-state index contributed by atoms with van der Waals surface area (Å²) in [5.74, 6) is -0.0979. The van der Waals surface area contributed by atoms with Gasteiger partial charge >= 0.3 is 0 Å². The Kier molecular flexibility index (Phi) is 6.59. The van der Waals surface area contributed by atoms with Crippen molar-refractivity contribution in [3.63, 3.8) is 0 Å². The number of carbonyl (C=O) groups excluding carboxylic acids is 1. The number of amides is 1. The minimum absolute atomic E-state index is 0.0979. The Morgan fingerprint density at radius 1 is 1.00 bits per heavy atom. The lowest BCUT2D eigenvalue weighted by atomic mass is 10.1. The van der Waals surface area contributed by atoms with Gasteiger partial charge in [-0.3, -0.25) is 9.78 Å². The number of fused-ring (bicyclic) bond motifs is 1. The van der Waals surface area contributed by atoms with E-state index in [4.69, 9.17) is 11.6 Å². The highest BCUT2D eigenvalue weighted by Crippen LogP contribution is 2.30. The summed E-state index contributed by atoms with van der Waals surface area (Å²) in [6.07, 6.45) is 4.05. The van der Waals surface area contributed by atoms with Gasteiger partial charge in [-0.1, -0.05) is 30.7 Å². The van der Waals surface area contributed by atoms with E-state index in [2.05, 4.69) is 9.97 Å². The Labute approximate surface area is 213 Å². The maximum absolute atomic E-state index is 13.3. The first-order valence-corrected chi connectivity index (χ1v) is 13.9. The summed E-state index contributed by atoms with van der Waals surface area (Å²) in [4.78, 5) is 24.6. The molecule has 1 saturated heterocycles. The second-order valence-electron chi connectivity index (χ2n) is 8.23. The summed E-state index contributed by atoms with van der Waals surface area (Å²) in [5.41, 5.74) is 1.69. The molecule has 0 aliphatic carbocycles. The summed E-state index contributed by atoms with van der Waals surface area (Å²) in [7, 11) is -3.68. The van der Waals surface area contributed by atoms with Crippen molar-refractivity contribution in [2.75, 3.05) is 26.2 Å². The molecule has 0 bridgehead atoms. The SMILES string of the molecule is CCc1nc(-c2ccncc2)sc1C(=O)N1CCN(S(=O)(=O)c2ccc3cc(Cl)ccc3c2)CC1. The topological polar surface area (TPSA) is 83.5 Å². The number of sulfonamides is 1. The predicted octanol–water partition coefficient (Wildman–Crippen LogP) is 4.72. The molecule has 2 aromatic heterocycles. The molecule has 10 heteroatoms. The molecule has 2 aromatic carbocycles. The van der Waals surface area contributed by atoms with Crippen LogP contribution < -0.4 is 0 Å². The van der Waals surface area contributed by atoms with Crippen LogP contribution in [0, 0.1) is 0 Å². The second kappa shape index (κ2) is 9.66. The van der Waals surface area contributed by atoms with Gasteiger partial charge in [0.15, 0.2) is 0 Å². The molecule has 0 unspecified atom stereocenters. The van der Waals surface area contributed by atoms with Gasteiger partial charge in [0, 0.05) is 49.2 Å². The van der Waals surface area contributed by atoms with E-state index in [1.807, 2.05) is 31.2 Å². The summed E-state index contributed by atoms with van der Waals surface area (Å²) >= 11 is 7.41. The fourth-order valence-corrected chi connectivity index (χ4v) is 6.92. The molecule has 0 N–H and O–H groups in total. The lowest BCUT2D eigenvalue weighted by molar-refractivity contribution is 0.0701. The Hall–Kier alpha value is -2.85. The van der Waals surface area contributed by atoms with Crippen LogP contribution in [0.25, 0.3) is 21.3 Å². The van der Waals surface area contributed by atoms with Gasteiger partial charge in [-0.15, -0.1) is 11.3 Å². The number of hydrogen-bond acceptors (Lipinski definition) is 6. The first kappa shape index (κ1) is 23.9. The molecule has 7 nitrogen and oxygen atoms in total. The van der Waals surface area contributed by atoms with Crippen LogP contribution in [0.5, 0.6) is 0 Å². The van der Waals surface area contributed by atoms with Gasteiger partial charge in [0.05, 0.1) is 10.6 Å². The maximum Gasteiger partial charge on any atom is 0.265 e. The number of benzene rings is 2. The number of aryl methyl sites for hydroxylation is 1. The second-order valence-corrected chi connectivity index (χ2v) is 11.6. The molecule has 1 amide bonds. The first-order chi connectivity index (χ1) is 16.9. The molecule has 180 valence electrons. The molecule has 0 radical (unpaired) electrons. The highest BCUT2D eigenvalue weighted by Gasteiger charge is 2.32. The number of rotatable bonds is 5. The van der Waals surface area contributed by atoms with Crippen molar-refractivity contribution >= 4 is 49.6 Å². The summed E-state index contributed by atoms with van der Waals surface area (Å²) in [6.45, 7) is 3.11. The van der Waals surface area contributed by atoms with Gasteiger partial charge in [-0.05, 0) is 53.6 Å². The first-order valence-electron chi connectivity index (χ1n) is 11.3. The van der Waals surface area contributed by atoms with Crippen LogP contribution in [-0.2, 0) is 16.4 Å². The van der Waals surface area contributed by atoms with Gasteiger partial charge in [0.1, 0.15) is 9.88 Å². The van der Waals surface area contributed by atoms with Crippen LogP contribution in [-0.4, -0.2) is 59.7 Å². The average molecular weight is 527 g/mol. The molecule has 0 spiro atoms. The van der Waals surface area contributed by atoms with Crippen LogP contribution in [0.2, 0.25) is 5.02 Å². The highest BCUT2D eigenvalue weighted by atomic mass is 35.5. The van der Waals surface area contributed by atoms with E-state index < -0.39 is 10.0 Å². The Bertz CT molecular complexity index is 1500. The molecule has 3 heterocycles. The molecule has 35 heavy (non-hydrogen) atoms. The third kappa shape index (κ3) is 4.69. The molecule has 1 fully saturated rings. The number of nitrogens with zero attached hydrogens (tertiary/aromatic N) is 4. The van der Waals surface area contributed by atoms with E-state index in [0.29, 0.717) is 29.4 Å². The summed E-state index contributed by atoms with van der Waals surface area (Å²) < 4.78 is 28.0. The Morgan fingerprint density at radius 2 is 1.69 bits per heavy atom. The van der Waals surface area contributed by atoms with Gasteiger partial charge < -0.3 is 4.90 Å². The van der Waals surface area contributed by atoms with Gasteiger partial charge in [0.2, 0.25) is 10.0 Å². The van der Waals surface area contributed by atoms with Crippen molar-refractivity contribution in [1.82, 2.24) is 19.2 Å². The van der Waals surface area contributed by atoms with Crippen LogP contribution in [0.4, 0.5) is 0 Å². The lowest BCUT2D eigenvalue weighted by Gasteiger charge is -2.34. The molecule has 0 atom stereocenters. The number of pyridine rings is 1. The van der Waals surface area contributed by atoms with Crippen LogP contribution in [0.15, 0.2) is 65.8 Å². The number of hydrogen-bond donors (Lipinski definition) is 0. The maximum atomic E-state index is 13.3. The number of aromatic nitrogens is 2. The van der Waals surface area contributed by atoms with Gasteiger partial charge in [-0.2, -0.15) is 4.31 Å². The monoisotopic (exact) mass is 526 g/mol. The zero-order valence-corrected chi connectivity index (χ0v) is 21.4. The Morgan fingerprint density at radius 3 is 2.40 bits per heavy atom. The van der Waals surface area contributed by atoms with Crippen molar-refractivity contribution in [3.05, 3.63) is 76.5 Å². The molecular weight excluding hydrogens is 504 g/mol. The number of halogens is 1. The number of thiazole rings is 1. The van der Waals surface area contributed by atoms with Crippen LogP contribution in [0.3, 0.4) is 0 Å². The van der Waals surface area contributed by atoms with E-state index >= 15 is 0 Å². The number of carbonyl (C=O) groups is 1. The normalized spacial score (nSPS) is 15.0. The van der Waals surface area contributed by atoms with Crippen molar-refractivity contribution in [3.8, 4) is 10.6 Å². The van der Waals surface area contributed by atoms with Crippen molar-refractivity contribution in [2.24, 2.45) is 0 Å². The van der Waals surface area contributed by atoms with E-state index in [1.54, 1.807) is 41.6 Å². The third-order valence-electron chi connectivity index (χ3n) is 6.09. The zero-order chi connectivity index (χ0) is 24.6. The minimum atomic E-state index is -3.68. The fourth-order valence-electron chi connectivity index (χ4n) is 4.16. The molecule has 0 saturated carbocycles. The minimum Gasteiger partial charge on any atom is -0.335 e. The van der Waals surface area contributed by atoms with E-state index in [0.717, 1.165) is 27.0 Å². The highest BCUT2D eigenvalue weighted by molar-refractivity contribution is 7.89. The van der Waals surface area contributed by atoms with E-state index in [9.17, 15) is 13.2 Å². The molecule has 1 aliphatic rings. The molecule has 4 aromatic rings. The smallest absolute Gasteiger partial charge is 0.265 e. The summed E-state index contributed by atoms with van der Waals surface area (Å²) in [5, 5.41) is 3.08. The zero-order valence-electron chi connectivity index (χ0n) is 19.0. The van der Waals surface area contributed by atoms with Crippen LogP contribution >= 0.6 is 22.9 Å². The average Bonchev–Trinajstić information content (AvgIpc) is 3.33. The summed E-state index contributed by atoms with van der Waals surface area (Å²) in [6, 6.07) is 14.2. The molecule has 5 rings (SSSR count). The van der Waals surface area contributed by atoms with Crippen LogP contribution in [0.1, 0.15) is 22.3 Å². The Balaban J connectivity index is 1.32. The largest absolute Gasteiger partial charge is 0.335 e. The fraction of sp³-hybridized carbons (Fsp3) is 0.240. The van der Waals surface area contributed by atoms with Crippen molar-refractivity contribution < 1.29 is 13.2 Å². The lowest BCUT2D eigenvalue weighted by Crippen LogP contribution is -2.50. The van der Waals surface area contributed by atoms with Gasteiger partial charge in [-0.25, -0.2) is 13.4 Å². The predicted molar refractivity (Wildman–Crippen MR) is 138 cm³/mol. The standard InChI is InChI=1S/C25H23ClN4O3S2/c1-2-22-23(34-24(28-22)17-7-9-27-10-8-17)25(31)29-11-13-30(14-12-29)35(32,33)21-6-4-18-15-20(26)5-3-19(18)16-21/h3-10,15-16H,2,11-14H2,1H3. The van der Waals surface area contributed by atoms with E-state index in [1.165, 1.54) is 15.6 Å². The quantitative estimate of drug-likeness (QED) is 0.376. The van der Waals surface area contributed by atoms with Gasteiger partial charge in [0.25, 0.3) is 5.91 Å². The molecular formula is C25H23ClN4O3S2. The van der Waals surface area contributed by atoms with Crippen molar-refractivity contribution in [1.29, 1.82) is 0 Å².